The SMILES string of the molecule is CNCCC(C)c1cscc1Br. The molecule has 3 heteroatoms. The van der Waals surface area contributed by atoms with Gasteiger partial charge in [-0.05, 0) is 52.8 Å². The molecule has 0 bridgehead atoms. The van der Waals surface area contributed by atoms with Crippen LogP contribution in [0.3, 0.4) is 0 Å². The lowest BCUT2D eigenvalue weighted by Crippen LogP contribution is -2.10. The van der Waals surface area contributed by atoms with Crippen LogP contribution < -0.4 is 5.32 Å². The quantitative estimate of drug-likeness (QED) is 0.862. The highest BCUT2D eigenvalue weighted by Gasteiger charge is 2.08. The van der Waals surface area contributed by atoms with Crippen molar-refractivity contribution in [3.05, 3.63) is 20.8 Å². The molecule has 0 aliphatic rings. The predicted molar refractivity (Wildman–Crippen MR) is 59.0 cm³/mol. The van der Waals surface area contributed by atoms with E-state index in [0.29, 0.717) is 5.92 Å². The molecule has 0 aromatic carbocycles. The van der Waals surface area contributed by atoms with E-state index in [4.69, 9.17) is 0 Å². The minimum absolute atomic E-state index is 0.651. The predicted octanol–water partition coefficient (Wildman–Crippen LogP) is 3.22. The molecular weight excluding hydrogens is 234 g/mol. The van der Waals surface area contributed by atoms with Crippen LogP contribution in [0.15, 0.2) is 15.2 Å². The lowest BCUT2D eigenvalue weighted by atomic mass is 10.0. The number of nitrogens with one attached hydrogen (secondary N) is 1. The van der Waals surface area contributed by atoms with E-state index in [0.717, 1.165) is 6.54 Å². The van der Waals surface area contributed by atoms with Crippen LogP contribution in [-0.4, -0.2) is 13.6 Å². The smallest absolute Gasteiger partial charge is 0.0317 e. The van der Waals surface area contributed by atoms with E-state index in [-0.39, 0.29) is 0 Å². The number of hydrogen-bond acceptors (Lipinski definition) is 2. The molecule has 1 heterocycles. The highest BCUT2D eigenvalue weighted by molar-refractivity contribution is 9.10. The summed E-state index contributed by atoms with van der Waals surface area (Å²) in [5, 5.41) is 7.54. The average molecular weight is 248 g/mol. The van der Waals surface area contributed by atoms with Crippen molar-refractivity contribution in [2.45, 2.75) is 19.3 Å². The van der Waals surface area contributed by atoms with Crippen LogP contribution in [0, 0.1) is 0 Å². The summed E-state index contributed by atoms with van der Waals surface area (Å²) in [4.78, 5) is 0. The van der Waals surface area contributed by atoms with Crippen molar-refractivity contribution in [2.75, 3.05) is 13.6 Å². The highest BCUT2D eigenvalue weighted by atomic mass is 79.9. The topological polar surface area (TPSA) is 12.0 Å². The summed E-state index contributed by atoms with van der Waals surface area (Å²) >= 11 is 5.31. The number of hydrogen-bond donors (Lipinski definition) is 1. The Labute approximate surface area is 86.3 Å². The first-order valence-electron chi connectivity index (χ1n) is 4.12. The Kier molecular flexibility index (Phi) is 4.26. The zero-order valence-corrected chi connectivity index (χ0v) is 9.83. The van der Waals surface area contributed by atoms with Crippen LogP contribution in [0.4, 0.5) is 0 Å². The molecule has 0 amide bonds. The standard InChI is InChI=1S/C9H14BrNS/c1-7(3-4-11-2)8-5-12-6-9(8)10/h5-7,11H,3-4H2,1-2H3. The fourth-order valence-electron chi connectivity index (χ4n) is 1.16. The minimum Gasteiger partial charge on any atom is -0.320 e. The van der Waals surface area contributed by atoms with Gasteiger partial charge in [0.05, 0.1) is 0 Å². The Bertz CT molecular complexity index is 234. The van der Waals surface area contributed by atoms with Crippen LogP contribution in [0.25, 0.3) is 0 Å². The van der Waals surface area contributed by atoms with Crippen LogP contribution in [0.5, 0.6) is 0 Å². The van der Waals surface area contributed by atoms with Gasteiger partial charge in [0.25, 0.3) is 0 Å². The summed E-state index contributed by atoms with van der Waals surface area (Å²) in [7, 11) is 2.00. The van der Waals surface area contributed by atoms with Crippen LogP contribution in [0.2, 0.25) is 0 Å². The first-order chi connectivity index (χ1) is 5.75. The number of thiophene rings is 1. The van der Waals surface area contributed by atoms with Crippen molar-refractivity contribution in [2.24, 2.45) is 0 Å². The molecule has 0 aliphatic heterocycles. The van der Waals surface area contributed by atoms with Crippen molar-refractivity contribution in [3.63, 3.8) is 0 Å². The van der Waals surface area contributed by atoms with E-state index in [2.05, 4.69) is 38.9 Å². The summed E-state index contributed by atoms with van der Waals surface area (Å²) in [6, 6.07) is 0. The van der Waals surface area contributed by atoms with Crippen molar-refractivity contribution in [3.8, 4) is 0 Å². The fraction of sp³-hybridized carbons (Fsp3) is 0.556. The third-order valence-corrected chi connectivity index (χ3v) is 3.75. The molecule has 12 heavy (non-hydrogen) atoms. The summed E-state index contributed by atoms with van der Waals surface area (Å²) in [5.41, 5.74) is 1.44. The van der Waals surface area contributed by atoms with E-state index in [1.54, 1.807) is 11.3 Å². The molecule has 1 N–H and O–H groups in total. The molecule has 1 aromatic rings. The Morgan fingerprint density at radius 3 is 2.83 bits per heavy atom. The fourth-order valence-corrected chi connectivity index (χ4v) is 2.97. The van der Waals surface area contributed by atoms with Gasteiger partial charge in [-0.25, -0.2) is 0 Å². The molecule has 0 saturated carbocycles. The van der Waals surface area contributed by atoms with Gasteiger partial charge in [0.15, 0.2) is 0 Å². The molecule has 1 aromatic heterocycles. The maximum Gasteiger partial charge on any atom is 0.0317 e. The first-order valence-corrected chi connectivity index (χ1v) is 5.85. The van der Waals surface area contributed by atoms with Gasteiger partial charge in [-0.2, -0.15) is 11.3 Å². The lowest BCUT2D eigenvalue weighted by Gasteiger charge is -2.09. The Morgan fingerprint density at radius 1 is 1.58 bits per heavy atom. The van der Waals surface area contributed by atoms with Gasteiger partial charge in [-0.1, -0.05) is 6.92 Å². The molecule has 1 atom stereocenters. The Morgan fingerprint density at radius 2 is 2.33 bits per heavy atom. The monoisotopic (exact) mass is 247 g/mol. The van der Waals surface area contributed by atoms with Crippen molar-refractivity contribution >= 4 is 27.3 Å². The van der Waals surface area contributed by atoms with Crippen molar-refractivity contribution < 1.29 is 0 Å². The molecular formula is C9H14BrNS. The molecule has 68 valence electrons. The normalized spacial score (nSPS) is 13.2. The van der Waals surface area contributed by atoms with E-state index in [1.165, 1.54) is 16.5 Å². The van der Waals surface area contributed by atoms with Gasteiger partial charge >= 0.3 is 0 Å². The molecule has 0 fully saturated rings. The molecule has 0 aliphatic carbocycles. The summed E-state index contributed by atoms with van der Waals surface area (Å²) in [6.45, 7) is 3.35. The van der Waals surface area contributed by atoms with Gasteiger partial charge in [0, 0.05) is 9.85 Å². The Balaban J connectivity index is 2.52. The minimum atomic E-state index is 0.651. The third kappa shape index (κ3) is 2.57. The van der Waals surface area contributed by atoms with Crippen molar-refractivity contribution in [1.29, 1.82) is 0 Å². The first kappa shape index (κ1) is 10.2. The largest absolute Gasteiger partial charge is 0.320 e. The maximum atomic E-state index is 3.55. The van der Waals surface area contributed by atoms with Gasteiger partial charge in [0.2, 0.25) is 0 Å². The molecule has 1 nitrogen and oxygen atoms in total. The summed E-state index contributed by atoms with van der Waals surface area (Å²) in [6.07, 6.45) is 1.20. The highest BCUT2D eigenvalue weighted by Crippen LogP contribution is 2.29. The number of rotatable bonds is 4. The third-order valence-electron chi connectivity index (χ3n) is 2.00. The zero-order valence-electron chi connectivity index (χ0n) is 7.43. The van der Waals surface area contributed by atoms with E-state index in [1.807, 2.05) is 7.05 Å². The summed E-state index contributed by atoms with van der Waals surface area (Å²) < 4.78 is 1.26. The van der Waals surface area contributed by atoms with Crippen LogP contribution in [0.1, 0.15) is 24.8 Å². The number of halogens is 1. The molecule has 0 saturated heterocycles. The average Bonchev–Trinajstić information content (AvgIpc) is 2.47. The second-order valence-electron chi connectivity index (χ2n) is 2.97. The lowest BCUT2D eigenvalue weighted by molar-refractivity contribution is 0.636. The second kappa shape index (κ2) is 5.00. The van der Waals surface area contributed by atoms with Crippen LogP contribution >= 0.6 is 27.3 Å². The molecule has 0 spiro atoms. The van der Waals surface area contributed by atoms with E-state index < -0.39 is 0 Å². The van der Waals surface area contributed by atoms with E-state index >= 15 is 0 Å². The second-order valence-corrected chi connectivity index (χ2v) is 4.57. The van der Waals surface area contributed by atoms with Gasteiger partial charge in [-0.3, -0.25) is 0 Å². The van der Waals surface area contributed by atoms with Gasteiger partial charge < -0.3 is 5.32 Å². The van der Waals surface area contributed by atoms with Crippen LogP contribution in [-0.2, 0) is 0 Å². The summed E-state index contributed by atoms with van der Waals surface area (Å²) in [5.74, 6) is 0.651. The van der Waals surface area contributed by atoms with Gasteiger partial charge in [0.1, 0.15) is 0 Å². The Hall–Kier alpha value is 0.140. The zero-order chi connectivity index (χ0) is 8.97. The van der Waals surface area contributed by atoms with E-state index in [9.17, 15) is 0 Å². The van der Waals surface area contributed by atoms with Gasteiger partial charge in [-0.15, -0.1) is 0 Å². The molecule has 1 unspecified atom stereocenters. The maximum absolute atomic E-state index is 3.55. The molecule has 0 radical (unpaired) electrons. The van der Waals surface area contributed by atoms with Crippen molar-refractivity contribution in [1.82, 2.24) is 5.32 Å². The molecule has 1 rings (SSSR count).